The Morgan fingerprint density at radius 2 is 2.05 bits per heavy atom. The van der Waals surface area contributed by atoms with E-state index in [1.165, 1.54) is 35.9 Å². The number of rotatable bonds is 5. The molecular weight excluding hydrogens is 258 g/mol. The molecule has 0 saturated heterocycles. The topological polar surface area (TPSA) is 29.9 Å². The van der Waals surface area contributed by atoms with Crippen LogP contribution in [0, 0.1) is 17.3 Å². The molecule has 2 aliphatic carbocycles. The van der Waals surface area contributed by atoms with Crippen LogP contribution in [0.2, 0.25) is 0 Å². The van der Waals surface area contributed by atoms with Crippen molar-refractivity contribution >= 4 is 10.9 Å². The number of aromatic nitrogens is 2. The molecule has 21 heavy (non-hydrogen) atoms. The lowest BCUT2D eigenvalue weighted by atomic mass is 9.78. The smallest absolute Gasteiger partial charge is 0.0709 e. The number of nitrogens with one attached hydrogen (secondary N) is 1. The maximum absolute atomic E-state index is 4.84. The van der Waals surface area contributed by atoms with Crippen molar-refractivity contribution in [3.05, 3.63) is 30.0 Å². The van der Waals surface area contributed by atoms with E-state index in [1.54, 1.807) is 0 Å². The summed E-state index contributed by atoms with van der Waals surface area (Å²) in [5, 5.41) is 9.79. The van der Waals surface area contributed by atoms with E-state index in [9.17, 15) is 0 Å². The summed E-state index contributed by atoms with van der Waals surface area (Å²) in [7, 11) is 2.06. The predicted octanol–water partition coefficient (Wildman–Crippen LogP) is 3.14. The zero-order valence-electron chi connectivity index (χ0n) is 13.1. The molecule has 112 valence electrons. The molecule has 0 bridgehead atoms. The van der Waals surface area contributed by atoms with Crippen LogP contribution in [0.25, 0.3) is 10.9 Å². The first kappa shape index (κ1) is 13.3. The minimum absolute atomic E-state index is 0.445. The second-order valence-electron chi connectivity index (χ2n) is 7.21. The van der Waals surface area contributed by atoms with E-state index >= 15 is 0 Å². The van der Waals surface area contributed by atoms with Crippen molar-refractivity contribution in [2.24, 2.45) is 24.3 Å². The van der Waals surface area contributed by atoms with Crippen LogP contribution in [-0.2, 0) is 13.5 Å². The fourth-order valence-electron chi connectivity index (χ4n) is 4.52. The summed E-state index contributed by atoms with van der Waals surface area (Å²) in [4.78, 5) is 0. The Kier molecular flexibility index (Phi) is 3.07. The maximum atomic E-state index is 4.84. The van der Waals surface area contributed by atoms with Gasteiger partial charge in [-0.05, 0) is 55.5 Å². The van der Waals surface area contributed by atoms with Crippen LogP contribution >= 0.6 is 0 Å². The quantitative estimate of drug-likeness (QED) is 0.913. The number of hydrogen-bond donors (Lipinski definition) is 1. The van der Waals surface area contributed by atoms with Gasteiger partial charge in [0.1, 0.15) is 0 Å². The van der Waals surface area contributed by atoms with E-state index in [2.05, 4.69) is 43.6 Å². The molecule has 1 heterocycles. The molecule has 2 aromatic rings. The van der Waals surface area contributed by atoms with E-state index < -0.39 is 0 Å². The fraction of sp³-hybridized carbons (Fsp3) is 0.611. The third kappa shape index (κ3) is 2.28. The van der Waals surface area contributed by atoms with Crippen molar-refractivity contribution in [3.8, 4) is 0 Å². The zero-order valence-corrected chi connectivity index (χ0v) is 13.1. The molecule has 2 saturated carbocycles. The third-order valence-corrected chi connectivity index (χ3v) is 5.59. The summed E-state index contributed by atoms with van der Waals surface area (Å²) in [6.45, 7) is 4.43. The molecule has 2 aliphatic rings. The van der Waals surface area contributed by atoms with Gasteiger partial charge in [0.05, 0.1) is 11.2 Å². The van der Waals surface area contributed by atoms with E-state index in [1.807, 2.05) is 4.68 Å². The first-order valence-electron chi connectivity index (χ1n) is 8.32. The average molecular weight is 283 g/mol. The standard InChI is InChI=1S/C18H25N3/c1-3-19-12-18(9-13-8-14(13)10-18)11-16-15-6-4-5-7-17(15)21(2)20-16/h4-7,13-14,19H,3,8-12H2,1-2H3. The molecule has 1 aromatic heterocycles. The van der Waals surface area contributed by atoms with Crippen LogP contribution in [0.15, 0.2) is 24.3 Å². The van der Waals surface area contributed by atoms with Gasteiger partial charge in [-0.1, -0.05) is 25.1 Å². The first-order chi connectivity index (χ1) is 10.2. The monoisotopic (exact) mass is 283 g/mol. The molecule has 3 heteroatoms. The van der Waals surface area contributed by atoms with Crippen LogP contribution in [0.5, 0.6) is 0 Å². The van der Waals surface area contributed by atoms with Crippen molar-refractivity contribution in [1.29, 1.82) is 0 Å². The van der Waals surface area contributed by atoms with Crippen molar-refractivity contribution in [1.82, 2.24) is 15.1 Å². The summed E-state index contributed by atoms with van der Waals surface area (Å²) in [5.74, 6) is 2.03. The molecule has 0 spiro atoms. The Morgan fingerprint density at radius 1 is 1.29 bits per heavy atom. The Hall–Kier alpha value is -1.35. The SMILES string of the molecule is CCNCC1(Cc2nn(C)c3ccccc23)CC2CC2C1. The van der Waals surface area contributed by atoms with Gasteiger partial charge in [0.2, 0.25) is 0 Å². The largest absolute Gasteiger partial charge is 0.316 e. The average Bonchev–Trinajstić information content (AvgIpc) is 2.99. The molecule has 0 amide bonds. The van der Waals surface area contributed by atoms with E-state index in [4.69, 9.17) is 5.10 Å². The molecule has 1 N–H and O–H groups in total. The first-order valence-corrected chi connectivity index (χ1v) is 8.32. The number of nitrogens with zero attached hydrogens (tertiary/aromatic N) is 2. The third-order valence-electron chi connectivity index (χ3n) is 5.59. The number of fused-ring (bicyclic) bond motifs is 2. The van der Waals surface area contributed by atoms with E-state index in [-0.39, 0.29) is 0 Å². The van der Waals surface area contributed by atoms with Crippen LogP contribution in [-0.4, -0.2) is 22.9 Å². The Balaban J connectivity index is 1.65. The van der Waals surface area contributed by atoms with Crippen molar-refractivity contribution < 1.29 is 0 Å². The molecular formula is C18H25N3. The maximum Gasteiger partial charge on any atom is 0.0709 e. The van der Waals surface area contributed by atoms with Crippen molar-refractivity contribution in [3.63, 3.8) is 0 Å². The molecule has 1 aromatic carbocycles. The minimum atomic E-state index is 0.445. The van der Waals surface area contributed by atoms with Crippen molar-refractivity contribution in [2.75, 3.05) is 13.1 Å². The highest BCUT2D eigenvalue weighted by atomic mass is 15.3. The second-order valence-corrected chi connectivity index (χ2v) is 7.21. The number of hydrogen-bond acceptors (Lipinski definition) is 2. The van der Waals surface area contributed by atoms with Gasteiger partial charge in [-0.3, -0.25) is 4.68 Å². The molecule has 4 rings (SSSR count). The van der Waals surface area contributed by atoms with Gasteiger partial charge >= 0.3 is 0 Å². The van der Waals surface area contributed by atoms with Gasteiger partial charge in [-0.2, -0.15) is 5.10 Å². The molecule has 0 radical (unpaired) electrons. The predicted molar refractivity (Wildman–Crippen MR) is 86.2 cm³/mol. The highest BCUT2D eigenvalue weighted by Gasteiger charge is 2.53. The van der Waals surface area contributed by atoms with Crippen LogP contribution < -0.4 is 5.32 Å². The minimum Gasteiger partial charge on any atom is -0.316 e. The molecule has 3 nitrogen and oxygen atoms in total. The summed E-state index contributed by atoms with van der Waals surface area (Å²) in [5.41, 5.74) is 3.00. The zero-order chi connectivity index (χ0) is 14.4. The normalized spacial score (nSPS) is 30.8. The Morgan fingerprint density at radius 3 is 2.81 bits per heavy atom. The Bertz CT molecular complexity index is 648. The van der Waals surface area contributed by atoms with Gasteiger partial charge in [0.25, 0.3) is 0 Å². The lowest BCUT2D eigenvalue weighted by molar-refractivity contribution is 0.248. The Labute approximate surface area is 126 Å². The van der Waals surface area contributed by atoms with Gasteiger partial charge in [0, 0.05) is 19.0 Å². The summed E-state index contributed by atoms with van der Waals surface area (Å²) in [6, 6.07) is 8.65. The number of benzene rings is 1. The second kappa shape index (κ2) is 4.84. The van der Waals surface area contributed by atoms with Crippen molar-refractivity contribution in [2.45, 2.75) is 32.6 Å². The van der Waals surface area contributed by atoms with E-state index in [0.29, 0.717) is 5.41 Å². The number of aryl methyl sites for hydroxylation is 1. The molecule has 0 aliphatic heterocycles. The molecule has 2 unspecified atom stereocenters. The van der Waals surface area contributed by atoms with Gasteiger partial charge in [-0.15, -0.1) is 0 Å². The highest BCUT2D eigenvalue weighted by molar-refractivity contribution is 5.81. The summed E-state index contributed by atoms with van der Waals surface area (Å²) < 4.78 is 2.04. The van der Waals surface area contributed by atoms with Crippen LogP contribution in [0.3, 0.4) is 0 Å². The van der Waals surface area contributed by atoms with Gasteiger partial charge in [-0.25, -0.2) is 0 Å². The summed E-state index contributed by atoms with van der Waals surface area (Å²) >= 11 is 0. The van der Waals surface area contributed by atoms with E-state index in [0.717, 1.165) is 31.3 Å². The lowest BCUT2D eigenvalue weighted by Gasteiger charge is -2.30. The highest BCUT2D eigenvalue weighted by Crippen LogP contribution is 2.60. The van der Waals surface area contributed by atoms with Gasteiger partial charge < -0.3 is 5.32 Å². The van der Waals surface area contributed by atoms with Crippen LogP contribution in [0.4, 0.5) is 0 Å². The summed E-state index contributed by atoms with van der Waals surface area (Å²) in [6.07, 6.45) is 5.41. The van der Waals surface area contributed by atoms with Gasteiger partial charge in [0.15, 0.2) is 0 Å². The number of para-hydroxylation sites is 1. The fourth-order valence-corrected chi connectivity index (χ4v) is 4.52. The molecule has 2 atom stereocenters. The lowest BCUT2D eigenvalue weighted by Crippen LogP contribution is -2.35. The van der Waals surface area contributed by atoms with Crippen LogP contribution in [0.1, 0.15) is 31.9 Å². The molecule has 2 fully saturated rings.